The molecule has 0 saturated heterocycles. The van der Waals surface area contributed by atoms with Crippen LogP contribution in [0.25, 0.3) is 0 Å². The Labute approximate surface area is 46.5 Å². The van der Waals surface area contributed by atoms with Gasteiger partial charge in [0.25, 0.3) is 0 Å². The maximum Gasteiger partial charge on any atom is 0.302 e. The highest BCUT2D eigenvalue weighted by Crippen LogP contribution is 1.58. The maximum atomic E-state index is 9.90. The van der Waals surface area contributed by atoms with Crippen molar-refractivity contribution in [3.05, 3.63) is 0 Å². The normalized spacial score (nSPS) is 10.2. The van der Waals surface area contributed by atoms with Crippen LogP contribution in [0.2, 0.25) is 0 Å². The molecular weight excluding hydrogens is 136 g/mol. The fourth-order valence-electron chi connectivity index (χ4n) is 0.0340. The predicted molar refractivity (Wildman–Crippen MR) is 27.2 cm³/mol. The first kappa shape index (κ1) is 10.7. The Bertz CT molecular complexity index is 114. The monoisotopic (exact) mass is 144 g/mol. The topological polar surface area (TPSA) is 142 Å². The summed E-state index contributed by atoms with van der Waals surface area (Å²) in [6.45, 7) is 0. The molecule has 0 heterocycles. The summed E-state index contributed by atoms with van der Waals surface area (Å²) in [6, 6.07) is 0. The van der Waals surface area contributed by atoms with Gasteiger partial charge in [-0.2, -0.15) is 8.42 Å². The molecular formula is H8N4O3S. The molecule has 0 aromatic heterocycles. The number of hydrogen-bond donors (Lipinski definition) is 4. The molecule has 0 aromatic rings. The minimum absolute atomic E-state index is 0. The smallest absolute Gasteiger partial charge is 0.302 e. The summed E-state index contributed by atoms with van der Waals surface area (Å²) in [5.74, 6) is 8.87. The minimum atomic E-state index is -3.60. The molecule has 0 aliphatic heterocycles. The Kier molecular flexibility index (Phi) is 4.96. The number of hydrogen-bond acceptors (Lipinski definition) is 4. The summed E-state index contributed by atoms with van der Waals surface area (Å²) in [5.41, 5.74) is 0. The van der Waals surface area contributed by atoms with Crippen molar-refractivity contribution in [2.45, 2.75) is 0 Å². The van der Waals surface area contributed by atoms with Gasteiger partial charge >= 0.3 is 10.2 Å². The van der Waals surface area contributed by atoms with E-state index in [4.69, 9.17) is 0 Å². The molecule has 0 amide bonds. The Morgan fingerprint density at radius 1 is 1.12 bits per heavy atom. The molecule has 8 heavy (non-hydrogen) atoms. The van der Waals surface area contributed by atoms with Crippen LogP contribution in [0.1, 0.15) is 0 Å². The lowest BCUT2D eigenvalue weighted by atomic mass is 13.0. The van der Waals surface area contributed by atoms with Gasteiger partial charge < -0.3 is 5.48 Å². The fraction of sp³-hybridized carbons (Fsp3) is 0. The van der Waals surface area contributed by atoms with Gasteiger partial charge in [0.2, 0.25) is 0 Å². The van der Waals surface area contributed by atoms with E-state index in [2.05, 4.69) is 11.7 Å². The van der Waals surface area contributed by atoms with E-state index in [1.54, 1.807) is 0 Å². The second-order valence-corrected chi connectivity index (χ2v) is 2.22. The second kappa shape index (κ2) is 3.72. The Hall–Kier alpha value is -0.250. The van der Waals surface area contributed by atoms with Gasteiger partial charge in [0.15, 0.2) is 0 Å². The molecule has 0 aliphatic carbocycles. The lowest BCUT2D eigenvalue weighted by Crippen LogP contribution is -2.44. The van der Waals surface area contributed by atoms with Gasteiger partial charge in [-0.25, -0.2) is 0 Å². The quantitative estimate of drug-likeness (QED) is 0.234. The molecule has 0 spiro atoms. The van der Waals surface area contributed by atoms with Crippen molar-refractivity contribution in [3.8, 4) is 0 Å². The average Bonchev–Trinajstić information content (AvgIpc) is 1.68. The lowest BCUT2D eigenvalue weighted by molar-refractivity contribution is 0.571. The molecule has 0 fully saturated rings. The molecule has 0 aliphatic rings. The number of nitrogens with two attached hydrogens (primary N) is 2. The van der Waals surface area contributed by atoms with Crippen molar-refractivity contribution in [3.63, 3.8) is 0 Å². The largest absolute Gasteiger partial charge is 0.412 e. The second-order valence-electron chi connectivity index (χ2n) is 0.739. The van der Waals surface area contributed by atoms with Crippen LogP contribution < -0.4 is 21.3 Å². The van der Waals surface area contributed by atoms with E-state index in [1.807, 2.05) is 0 Å². The molecule has 0 aromatic carbocycles. The van der Waals surface area contributed by atoms with Crippen LogP contribution in [-0.4, -0.2) is 13.9 Å². The van der Waals surface area contributed by atoms with Gasteiger partial charge in [-0.1, -0.05) is 0 Å². The van der Waals surface area contributed by atoms with Gasteiger partial charge in [-0.15, -0.1) is 9.66 Å². The van der Waals surface area contributed by atoms with Gasteiger partial charge in [0, 0.05) is 0 Å². The standard InChI is InChI=1S/H6N4O2S.H2O/c1-3-7(5,6)4-2;/h3-4H,1-2H2;1H2. The predicted octanol–water partition coefficient (Wildman–Crippen LogP) is -3.67. The molecule has 0 saturated carbocycles. The molecule has 0 unspecified atom stereocenters. The summed E-state index contributed by atoms with van der Waals surface area (Å²) in [7, 11) is -3.60. The van der Waals surface area contributed by atoms with Gasteiger partial charge in [-0.3, -0.25) is 11.7 Å². The maximum absolute atomic E-state index is 9.90. The Morgan fingerprint density at radius 3 is 1.38 bits per heavy atom. The Balaban J connectivity index is 0. The summed E-state index contributed by atoms with van der Waals surface area (Å²) in [6.07, 6.45) is 0. The van der Waals surface area contributed by atoms with E-state index in [0.717, 1.165) is 0 Å². The summed E-state index contributed by atoms with van der Waals surface area (Å²) >= 11 is 0. The molecule has 8 N–H and O–H groups in total. The molecule has 8 heteroatoms. The van der Waals surface area contributed by atoms with E-state index in [0.29, 0.717) is 0 Å². The van der Waals surface area contributed by atoms with E-state index in [9.17, 15) is 8.42 Å². The van der Waals surface area contributed by atoms with Crippen molar-refractivity contribution < 1.29 is 13.9 Å². The van der Waals surface area contributed by atoms with E-state index >= 15 is 0 Å². The van der Waals surface area contributed by atoms with Gasteiger partial charge in [0.1, 0.15) is 0 Å². The van der Waals surface area contributed by atoms with Gasteiger partial charge in [0.05, 0.1) is 0 Å². The molecule has 0 rings (SSSR count). The summed E-state index contributed by atoms with van der Waals surface area (Å²) in [5, 5.41) is 0. The van der Waals surface area contributed by atoms with E-state index < -0.39 is 10.2 Å². The van der Waals surface area contributed by atoms with Crippen LogP contribution in [0, 0.1) is 0 Å². The molecule has 0 radical (unpaired) electrons. The van der Waals surface area contributed by atoms with Crippen LogP contribution in [0.15, 0.2) is 0 Å². The average molecular weight is 144 g/mol. The zero-order valence-electron chi connectivity index (χ0n) is 3.88. The third kappa shape index (κ3) is 3.92. The highest BCUT2D eigenvalue weighted by molar-refractivity contribution is 7.87. The van der Waals surface area contributed by atoms with Gasteiger partial charge in [-0.05, 0) is 0 Å². The van der Waals surface area contributed by atoms with E-state index in [1.165, 1.54) is 9.66 Å². The molecule has 7 nitrogen and oxygen atoms in total. The van der Waals surface area contributed by atoms with Crippen LogP contribution in [-0.2, 0) is 10.2 Å². The SMILES string of the molecule is NNS(=O)(=O)NN.O. The third-order valence-corrected chi connectivity index (χ3v) is 0.931. The molecule has 0 bridgehead atoms. The number of nitrogens with one attached hydrogen (secondary N) is 2. The van der Waals surface area contributed by atoms with Crippen LogP contribution in [0.4, 0.5) is 0 Å². The Morgan fingerprint density at radius 2 is 1.38 bits per heavy atom. The first-order chi connectivity index (χ1) is 3.12. The first-order valence-electron chi connectivity index (χ1n) is 1.32. The van der Waals surface area contributed by atoms with Crippen molar-refractivity contribution in [1.29, 1.82) is 0 Å². The van der Waals surface area contributed by atoms with Crippen molar-refractivity contribution in [1.82, 2.24) is 9.66 Å². The third-order valence-electron chi connectivity index (χ3n) is 0.310. The zero-order chi connectivity index (χ0) is 5.91. The fourth-order valence-corrected chi connectivity index (χ4v) is 0.102. The van der Waals surface area contributed by atoms with E-state index in [-0.39, 0.29) is 5.48 Å². The molecule has 0 atom stereocenters. The van der Waals surface area contributed by atoms with Crippen LogP contribution in [0.3, 0.4) is 0 Å². The minimum Gasteiger partial charge on any atom is -0.412 e. The first-order valence-corrected chi connectivity index (χ1v) is 2.80. The van der Waals surface area contributed by atoms with Crippen molar-refractivity contribution in [2.24, 2.45) is 11.7 Å². The highest BCUT2D eigenvalue weighted by Gasteiger charge is 1.97. The lowest BCUT2D eigenvalue weighted by Gasteiger charge is -1.94. The van der Waals surface area contributed by atoms with Crippen LogP contribution in [0.5, 0.6) is 0 Å². The van der Waals surface area contributed by atoms with Crippen molar-refractivity contribution in [2.75, 3.05) is 0 Å². The molecule has 52 valence electrons. The van der Waals surface area contributed by atoms with Crippen LogP contribution >= 0.6 is 0 Å². The summed E-state index contributed by atoms with van der Waals surface area (Å²) in [4.78, 5) is 2.85. The number of rotatable bonds is 2. The number of hydrazine groups is 2. The summed E-state index contributed by atoms with van der Waals surface area (Å²) < 4.78 is 19.8. The van der Waals surface area contributed by atoms with Crippen molar-refractivity contribution >= 4 is 10.2 Å². The zero-order valence-corrected chi connectivity index (χ0v) is 4.70. The highest BCUT2D eigenvalue weighted by atomic mass is 32.2.